The first-order valence-corrected chi connectivity index (χ1v) is 9.17. The number of aromatic nitrogens is 1. The average molecular weight is 373 g/mol. The molecule has 136 valence electrons. The molecular weight excluding hydrogens is 354 g/mol. The number of hydrogen-bond donors (Lipinski definition) is 2. The van der Waals surface area contributed by atoms with E-state index in [4.69, 9.17) is 4.74 Å². The summed E-state index contributed by atoms with van der Waals surface area (Å²) < 4.78 is 4.99. The lowest BCUT2D eigenvalue weighted by Crippen LogP contribution is -2.44. The van der Waals surface area contributed by atoms with Crippen molar-refractivity contribution in [3.63, 3.8) is 0 Å². The number of carbonyl (C=O) groups excluding carboxylic acids is 3. The van der Waals surface area contributed by atoms with Crippen molar-refractivity contribution in [1.29, 1.82) is 0 Å². The van der Waals surface area contributed by atoms with Crippen LogP contribution in [0.2, 0.25) is 0 Å². The Bertz CT molecular complexity index is 847. The van der Waals surface area contributed by atoms with Crippen molar-refractivity contribution in [3.8, 4) is 0 Å². The van der Waals surface area contributed by atoms with E-state index < -0.39 is 24.4 Å². The van der Waals surface area contributed by atoms with Gasteiger partial charge in [-0.05, 0) is 49.4 Å². The number of carbonyl (C=O) groups is 3. The van der Waals surface area contributed by atoms with Gasteiger partial charge in [-0.15, -0.1) is 11.3 Å². The minimum Gasteiger partial charge on any atom is -0.452 e. The van der Waals surface area contributed by atoms with Gasteiger partial charge in [0.2, 0.25) is 5.91 Å². The lowest BCUT2D eigenvalue weighted by Gasteiger charge is -2.08. The molecule has 0 atom stereocenters. The molecule has 0 spiro atoms. The molecule has 0 bridgehead atoms. The van der Waals surface area contributed by atoms with Crippen LogP contribution in [0.1, 0.15) is 38.6 Å². The van der Waals surface area contributed by atoms with Gasteiger partial charge in [0.25, 0.3) is 5.91 Å². The highest BCUT2D eigenvalue weighted by Gasteiger charge is 2.16. The van der Waals surface area contributed by atoms with Crippen LogP contribution in [0.5, 0.6) is 0 Å². The van der Waals surface area contributed by atoms with Gasteiger partial charge in [-0.1, -0.05) is 6.07 Å². The maximum absolute atomic E-state index is 12.0. The van der Waals surface area contributed by atoms with Crippen molar-refractivity contribution >= 4 is 29.1 Å². The number of esters is 1. The van der Waals surface area contributed by atoms with Crippen LogP contribution in [0.15, 0.2) is 23.6 Å². The van der Waals surface area contributed by atoms with Crippen LogP contribution in [0, 0.1) is 6.92 Å². The van der Waals surface area contributed by atoms with E-state index in [1.54, 1.807) is 6.07 Å². The number of rotatable bonds is 5. The third-order valence-electron chi connectivity index (χ3n) is 3.99. The Labute approximate surface area is 154 Å². The molecule has 1 aliphatic rings. The highest BCUT2D eigenvalue weighted by molar-refractivity contribution is 7.09. The number of aryl methyl sites for hydroxylation is 3. The molecule has 0 radical (unpaired) electrons. The molecule has 0 unspecified atom stereocenters. The number of ether oxygens (including phenoxy) is 1. The van der Waals surface area contributed by atoms with Crippen molar-refractivity contribution in [2.45, 2.75) is 32.6 Å². The van der Waals surface area contributed by atoms with Gasteiger partial charge in [0.1, 0.15) is 5.01 Å². The van der Waals surface area contributed by atoms with Crippen LogP contribution in [-0.4, -0.2) is 29.4 Å². The number of nitrogens with zero attached hydrogens (tertiary/aromatic N) is 1. The molecule has 2 N–H and O–H groups in total. The lowest BCUT2D eigenvalue weighted by atomic mass is 10.1. The largest absolute Gasteiger partial charge is 0.452 e. The summed E-state index contributed by atoms with van der Waals surface area (Å²) in [6, 6.07) is 5.46. The van der Waals surface area contributed by atoms with Gasteiger partial charge in [-0.2, -0.15) is 0 Å². The zero-order valence-electron chi connectivity index (χ0n) is 14.3. The molecule has 0 fully saturated rings. The summed E-state index contributed by atoms with van der Waals surface area (Å²) in [5.74, 6) is -1.56. The van der Waals surface area contributed by atoms with E-state index in [-0.39, 0.29) is 6.42 Å². The van der Waals surface area contributed by atoms with Crippen LogP contribution in [-0.2, 0) is 33.6 Å². The second-order valence-corrected chi connectivity index (χ2v) is 7.01. The molecular formula is C18H19N3O4S. The molecule has 1 aromatic carbocycles. The summed E-state index contributed by atoms with van der Waals surface area (Å²) >= 11 is 1.38. The van der Waals surface area contributed by atoms with E-state index in [0.717, 1.165) is 30.5 Å². The maximum Gasteiger partial charge on any atom is 0.338 e. The summed E-state index contributed by atoms with van der Waals surface area (Å²) in [4.78, 5) is 39.6. The summed E-state index contributed by atoms with van der Waals surface area (Å²) in [6.07, 6.45) is 3.17. The Morgan fingerprint density at radius 1 is 1.15 bits per heavy atom. The first-order valence-electron chi connectivity index (χ1n) is 8.29. The summed E-state index contributed by atoms with van der Waals surface area (Å²) in [7, 11) is 0. The Morgan fingerprint density at radius 2 is 1.92 bits per heavy atom. The molecule has 1 aromatic heterocycles. The highest BCUT2D eigenvalue weighted by atomic mass is 32.1. The monoisotopic (exact) mass is 373 g/mol. The second-order valence-electron chi connectivity index (χ2n) is 6.07. The molecule has 0 saturated heterocycles. The molecule has 2 aromatic rings. The zero-order valence-corrected chi connectivity index (χ0v) is 15.1. The highest BCUT2D eigenvalue weighted by Crippen LogP contribution is 2.23. The van der Waals surface area contributed by atoms with Crippen molar-refractivity contribution in [2.24, 2.45) is 0 Å². The minimum absolute atomic E-state index is 0.0771. The fourth-order valence-corrected chi connectivity index (χ4v) is 3.52. The predicted molar refractivity (Wildman–Crippen MR) is 95.6 cm³/mol. The van der Waals surface area contributed by atoms with Crippen LogP contribution in [0.25, 0.3) is 0 Å². The Morgan fingerprint density at radius 3 is 2.69 bits per heavy atom. The molecule has 26 heavy (non-hydrogen) atoms. The predicted octanol–water partition coefficient (Wildman–Crippen LogP) is 1.49. The van der Waals surface area contributed by atoms with E-state index in [1.807, 2.05) is 24.4 Å². The second kappa shape index (κ2) is 8.09. The molecule has 2 amide bonds. The van der Waals surface area contributed by atoms with Gasteiger partial charge >= 0.3 is 5.97 Å². The molecule has 0 saturated carbocycles. The van der Waals surface area contributed by atoms with E-state index in [2.05, 4.69) is 15.8 Å². The van der Waals surface area contributed by atoms with E-state index in [9.17, 15) is 14.4 Å². The Hall–Kier alpha value is -2.74. The number of hydrogen-bond acceptors (Lipinski definition) is 6. The van der Waals surface area contributed by atoms with Crippen LogP contribution in [0.3, 0.4) is 0 Å². The molecule has 7 nitrogen and oxygen atoms in total. The summed E-state index contributed by atoms with van der Waals surface area (Å²) in [5, 5.41) is 2.51. The first-order chi connectivity index (χ1) is 12.5. The lowest BCUT2D eigenvalue weighted by molar-refractivity contribution is -0.130. The van der Waals surface area contributed by atoms with Crippen LogP contribution in [0.4, 0.5) is 0 Å². The van der Waals surface area contributed by atoms with E-state index in [0.29, 0.717) is 10.6 Å². The fraction of sp³-hybridized carbons (Fsp3) is 0.333. The topological polar surface area (TPSA) is 97.4 Å². The molecule has 3 rings (SSSR count). The van der Waals surface area contributed by atoms with Gasteiger partial charge in [-0.25, -0.2) is 9.78 Å². The summed E-state index contributed by atoms with van der Waals surface area (Å²) in [6.45, 7) is 1.38. The third kappa shape index (κ3) is 4.66. The summed E-state index contributed by atoms with van der Waals surface area (Å²) in [5.41, 5.74) is 8.20. The molecule has 1 heterocycles. The standard InChI is InChI=1S/C18H19N3O4S/c1-11-10-26-17(19-11)8-15(22)20-21-16(23)9-25-18(24)14-6-5-12-3-2-4-13(12)7-14/h5-7,10H,2-4,8-9H2,1H3,(H,20,22)(H,21,23). The van der Waals surface area contributed by atoms with Gasteiger partial charge in [0.15, 0.2) is 6.61 Å². The normalized spacial score (nSPS) is 12.3. The smallest absolute Gasteiger partial charge is 0.338 e. The van der Waals surface area contributed by atoms with E-state index >= 15 is 0 Å². The van der Waals surface area contributed by atoms with Crippen molar-refractivity contribution < 1.29 is 19.1 Å². The number of thiazole rings is 1. The average Bonchev–Trinajstić information content (AvgIpc) is 3.25. The molecule has 0 aliphatic heterocycles. The minimum atomic E-state index is -0.608. The molecule has 1 aliphatic carbocycles. The van der Waals surface area contributed by atoms with Crippen LogP contribution < -0.4 is 10.9 Å². The van der Waals surface area contributed by atoms with Crippen molar-refractivity contribution in [1.82, 2.24) is 15.8 Å². The fourth-order valence-electron chi connectivity index (χ4n) is 2.75. The van der Waals surface area contributed by atoms with Gasteiger partial charge < -0.3 is 4.74 Å². The van der Waals surface area contributed by atoms with Gasteiger partial charge in [-0.3, -0.25) is 20.4 Å². The maximum atomic E-state index is 12.0. The van der Waals surface area contributed by atoms with E-state index in [1.165, 1.54) is 16.9 Å². The number of nitrogens with one attached hydrogen (secondary N) is 2. The SMILES string of the molecule is Cc1csc(CC(=O)NNC(=O)COC(=O)c2ccc3c(c2)CCC3)n1. The number of benzene rings is 1. The number of hydrazine groups is 1. The van der Waals surface area contributed by atoms with Crippen LogP contribution >= 0.6 is 11.3 Å². The van der Waals surface area contributed by atoms with Crippen molar-refractivity contribution in [2.75, 3.05) is 6.61 Å². The van der Waals surface area contributed by atoms with Gasteiger partial charge in [0.05, 0.1) is 12.0 Å². The Balaban J connectivity index is 1.41. The third-order valence-corrected chi connectivity index (χ3v) is 4.95. The molecule has 8 heteroatoms. The Kier molecular flexibility index (Phi) is 5.62. The first kappa shape index (κ1) is 18.1. The number of fused-ring (bicyclic) bond motifs is 1. The quantitative estimate of drug-likeness (QED) is 0.611. The number of amides is 2. The van der Waals surface area contributed by atoms with Crippen molar-refractivity contribution in [3.05, 3.63) is 51.0 Å². The zero-order chi connectivity index (χ0) is 18.5. The van der Waals surface area contributed by atoms with Gasteiger partial charge in [0, 0.05) is 11.1 Å².